The molecule has 0 radical (unpaired) electrons. The molecule has 4 N–H and O–H groups in total. The Hall–Kier alpha value is -5.84. The smallest absolute Gasteiger partial charge is 0.324 e. The lowest BCUT2D eigenvalue weighted by molar-refractivity contribution is -0.155. The number of pyridine rings is 1. The second-order valence-electron chi connectivity index (χ2n) is 22.3. The molecule has 1 saturated carbocycles. The molecule has 7 heterocycles. The number of nitrogens with one attached hydrogen (secondary N) is 3. The van der Waals surface area contributed by atoms with Crippen LogP contribution >= 0.6 is 0 Å². The van der Waals surface area contributed by atoms with E-state index in [2.05, 4.69) is 59.6 Å². The summed E-state index contributed by atoms with van der Waals surface area (Å²) in [5, 5.41) is 20.3. The van der Waals surface area contributed by atoms with E-state index in [1.807, 2.05) is 43.9 Å². The van der Waals surface area contributed by atoms with E-state index in [1.54, 1.807) is 30.3 Å². The zero-order valence-electron chi connectivity index (χ0n) is 42.3. The van der Waals surface area contributed by atoms with Crippen LogP contribution in [0.15, 0.2) is 54.7 Å². The van der Waals surface area contributed by atoms with Crippen LogP contribution < -0.4 is 16.1 Å². The third-order valence-corrected chi connectivity index (χ3v) is 16.1. The summed E-state index contributed by atoms with van der Waals surface area (Å²) in [6.07, 6.45) is 6.40. The molecule has 2 unspecified atom stereocenters. The van der Waals surface area contributed by atoms with Gasteiger partial charge < -0.3 is 34.3 Å². The number of ether oxygens (including phenoxy) is 2. The number of cyclic esters (lactones) is 1. The Morgan fingerprint density at radius 2 is 1.79 bits per heavy atom. The fourth-order valence-electron chi connectivity index (χ4n) is 12.1. The second-order valence-corrected chi connectivity index (χ2v) is 22.3. The molecule has 16 nitrogen and oxygen atoms in total. The van der Waals surface area contributed by atoms with Crippen LogP contribution in [0.2, 0.25) is 0 Å². The molecule has 10 rings (SSSR count). The molecule has 4 aromatic rings. The Balaban J connectivity index is 0.992. The van der Waals surface area contributed by atoms with E-state index < -0.39 is 46.7 Å². The van der Waals surface area contributed by atoms with Crippen LogP contribution in [-0.2, 0) is 52.8 Å². The van der Waals surface area contributed by atoms with Crippen LogP contribution in [0, 0.1) is 22.7 Å². The standard InChI is InChI=1S/C55H70N8O8/c1-8-61-43-16-15-35-27-39(43)40(48(61)38-11-9-19-56-44(38)32(4)70-7)28-54(5,6)30-71-52(68)41-12-10-20-63(59-41)50(66)42(25-33-23-36(35)26-37(64)24-33)57-49(65)47(31(2)3)62-22-18-55(53(62)69)17-21-60(29-55)51(67)46-45(58-46)34-13-14-34/h9,11,15-16,19,23-24,26-27,31-32,34,41-42,45-47,58-59,64H,8,10,12-14,17-18,20-22,25,28-30H2,1-7H3,(H,57,65)/t32-,41-,42-,45?,46+,47?,55-/m0/s1. The second kappa shape index (κ2) is 19.0. The first kappa shape index (κ1) is 48.8. The van der Waals surface area contributed by atoms with Crippen molar-refractivity contribution in [3.05, 3.63) is 71.5 Å². The molecule has 5 fully saturated rings. The summed E-state index contributed by atoms with van der Waals surface area (Å²) in [4.78, 5) is 80.1. The van der Waals surface area contributed by atoms with E-state index in [4.69, 9.17) is 14.5 Å². The maximum absolute atomic E-state index is 14.9. The van der Waals surface area contributed by atoms with Crippen molar-refractivity contribution in [2.24, 2.45) is 22.7 Å². The Labute approximate surface area is 416 Å². The van der Waals surface area contributed by atoms with E-state index in [-0.39, 0.29) is 61.2 Å². The van der Waals surface area contributed by atoms with Crippen molar-refractivity contribution in [1.82, 2.24) is 40.4 Å². The van der Waals surface area contributed by atoms with Gasteiger partial charge in [-0.3, -0.25) is 39.3 Å². The van der Waals surface area contributed by atoms with Gasteiger partial charge in [-0.2, -0.15) is 0 Å². The first-order valence-corrected chi connectivity index (χ1v) is 25.9. The maximum Gasteiger partial charge on any atom is 0.324 e. The molecule has 1 aliphatic carbocycles. The molecule has 6 aliphatic rings. The van der Waals surface area contributed by atoms with Gasteiger partial charge in [0.25, 0.3) is 5.91 Å². The monoisotopic (exact) mass is 971 g/mol. The maximum atomic E-state index is 14.9. The van der Waals surface area contributed by atoms with E-state index in [0.29, 0.717) is 69.8 Å². The molecular weight excluding hydrogens is 901 g/mol. The van der Waals surface area contributed by atoms with Crippen LogP contribution in [-0.4, -0.2) is 129 Å². The molecule has 2 aromatic carbocycles. The summed E-state index contributed by atoms with van der Waals surface area (Å²) in [6.45, 7) is 14.3. The van der Waals surface area contributed by atoms with Crippen molar-refractivity contribution in [2.45, 2.75) is 136 Å². The van der Waals surface area contributed by atoms with E-state index in [9.17, 15) is 29.1 Å². The lowest BCUT2D eigenvalue weighted by atomic mass is 9.84. The average molecular weight is 971 g/mol. The number of phenolic OH excluding ortho intramolecular Hbond substituents is 1. The number of hydrazine groups is 1. The van der Waals surface area contributed by atoms with Gasteiger partial charge in [-0.15, -0.1) is 0 Å². The predicted octanol–water partition coefficient (Wildman–Crippen LogP) is 5.68. The van der Waals surface area contributed by atoms with Crippen LogP contribution in [0.4, 0.5) is 0 Å². The van der Waals surface area contributed by atoms with E-state index in [0.717, 1.165) is 57.4 Å². The molecule has 4 saturated heterocycles. The number of aromatic nitrogens is 2. The van der Waals surface area contributed by atoms with Crippen molar-refractivity contribution in [1.29, 1.82) is 0 Å². The molecule has 7 atom stereocenters. The van der Waals surface area contributed by atoms with Gasteiger partial charge in [-0.1, -0.05) is 39.8 Å². The molecule has 71 heavy (non-hydrogen) atoms. The number of likely N-dealkylation sites (tertiary alicyclic amines) is 2. The summed E-state index contributed by atoms with van der Waals surface area (Å²) in [5.41, 5.74) is 8.90. The lowest BCUT2D eigenvalue weighted by Crippen LogP contribution is -2.62. The highest BCUT2D eigenvalue weighted by Gasteiger charge is 2.58. The molecule has 16 heteroatoms. The summed E-state index contributed by atoms with van der Waals surface area (Å²) in [7, 11) is 1.68. The first-order chi connectivity index (χ1) is 34.0. The van der Waals surface area contributed by atoms with Gasteiger partial charge in [0, 0.05) is 80.4 Å². The molecule has 378 valence electrons. The number of rotatable bonds is 10. The predicted molar refractivity (Wildman–Crippen MR) is 267 cm³/mol. The van der Waals surface area contributed by atoms with Crippen molar-refractivity contribution in [3.63, 3.8) is 0 Å². The van der Waals surface area contributed by atoms with Crippen molar-refractivity contribution in [2.75, 3.05) is 39.9 Å². The molecule has 5 aliphatic heterocycles. The number of carbonyl (C=O) groups excluding carboxylic acids is 5. The van der Waals surface area contributed by atoms with E-state index >= 15 is 0 Å². The topological polar surface area (TPSA) is 198 Å². The SMILES string of the molecule is CCn1c(-c2cccnc2[C@H](C)OC)c2c3cc(ccc31)-c1cc(O)cc(c1)C[C@H](NC(=O)C(C(C)C)N1CC[C@]3(CCN(C(=O)[C@@H]4NC4C4CC4)C3)C1=O)C(=O)N1CCC[C@H](N1)C(=O)OCC(C)(C)C2. The third kappa shape index (κ3) is 9.31. The number of phenols is 1. The van der Waals surface area contributed by atoms with Crippen LogP contribution in [0.5, 0.6) is 5.75 Å². The van der Waals surface area contributed by atoms with Gasteiger partial charge in [0.05, 0.1) is 29.5 Å². The van der Waals surface area contributed by atoms with Gasteiger partial charge in [0.2, 0.25) is 17.7 Å². The van der Waals surface area contributed by atoms with Crippen LogP contribution in [0.3, 0.4) is 0 Å². The third-order valence-electron chi connectivity index (χ3n) is 16.1. The Bertz CT molecular complexity index is 2770. The van der Waals surface area contributed by atoms with E-state index in [1.165, 1.54) is 5.01 Å². The normalized spacial score (nSPS) is 26.5. The quantitative estimate of drug-likeness (QED) is 0.113. The fraction of sp³-hybridized carbons (Fsp3) is 0.564. The molecule has 1 spiro atoms. The number of nitrogens with zero attached hydrogens (tertiary/aromatic N) is 5. The lowest BCUT2D eigenvalue weighted by Gasteiger charge is -2.37. The number of esters is 1. The molecule has 6 bridgehead atoms. The number of hydrogen-bond donors (Lipinski definition) is 4. The summed E-state index contributed by atoms with van der Waals surface area (Å²) in [5.74, 6) is -1.18. The number of benzene rings is 2. The van der Waals surface area contributed by atoms with Gasteiger partial charge >= 0.3 is 5.97 Å². The minimum atomic E-state index is -1.14. The van der Waals surface area contributed by atoms with Gasteiger partial charge in [-0.25, -0.2) is 5.43 Å². The number of fused-ring (bicyclic) bond motifs is 6. The number of methoxy groups -OCH3 is 1. The van der Waals surface area contributed by atoms with Crippen molar-refractivity contribution < 1.29 is 38.6 Å². The van der Waals surface area contributed by atoms with Crippen LogP contribution in [0.25, 0.3) is 33.3 Å². The Kier molecular flexibility index (Phi) is 13.0. The minimum Gasteiger partial charge on any atom is -0.508 e. The van der Waals surface area contributed by atoms with Crippen LogP contribution in [0.1, 0.15) is 103 Å². The molecular formula is C55H70N8O8. The summed E-state index contributed by atoms with van der Waals surface area (Å²) in [6, 6.07) is 12.8. The summed E-state index contributed by atoms with van der Waals surface area (Å²) >= 11 is 0. The molecule has 2 aromatic heterocycles. The number of aryl methyl sites for hydroxylation is 1. The van der Waals surface area contributed by atoms with Crippen molar-refractivity contribution in [3.8, 4) is 28.1 Å². The number of carbonyl (C=O) groups is 5. The number of aromatic hydroxyl groups is 1. The Morgan fingerprint density at radius 3 is 2.54 bits per heavy atom. The summed E-state index contributed by atoms with van der Waals surface area (Å²) < 4.78 is 14.3. The zero-order valence-corrected chi connectivity index (χ0v) is 42.3. The van der Waals surface area contributed by atoms with Crippen molar-refractivity contribution >= 4 is 40.5 Å². The molecule has 4 amide bonds. The largest absolute Gasteiger partial charge is 0.508 e. The highest BCUT2D eigenvalue weighted by molar-refractivity contribution is 5.97. The zero-order chi connectivity index (χ0) is 50.1. The van der Waals surface area contributed by atoms with Gasteiger partial charge in [0.1, 0.15) is 29.9 Å². The fourth-order valence-corrected chi connectivity index (χ4v) is 12.1. The number of amides is 4. The first-order valence-electron chi connectivity index (χ1n) is 25.9. The minimum absolute atomic E-state index is 0.00259. The average Bonchev–Trinajstić information content (AvgIpc) is 4.27. The number of hydrogen-bond acceptors (Lipinski definition) is 11. The highest BCUT2D eigenvalue weighted by atomic mass is 16.5. The Morgan fingerprint density at radius 1 is 1.00 bits per heavy atom. The van der Waals surface area contributed by atoms with Gasteiger partial charge in [0.15, 0.2) is 0 Å². The highest BCUT2D eigenvalue weighted by Crippen LogP contribution is 2.46. The van der Waals surface area contributed by atoms with Gasteiger partial charge in [-0.05, 0) is 129 Å².